The van der Waals surface area contributed by atoms with Crippen molar-refractivity contribution in [3.63, 3.8) is 0 Å². The maximum atomic E-state index is 11.6. The summed E-state index contributed by atoms with van der Waals surface area (Å²) in [7, 11) is 0. The van der Waals surface area contributed by atoms with Gasteiger partial charge >= 0.3 is 6.03 Å². The molecule has 0 atom stereocenters. The Morgan fingerprint density at radius 2 is 1.94 bits per heavy atom. The van der Waals surface area contributed by atoms with Crippen LogP contribution in [0.5, 0.6) is 0 Å². The van der Waals surface area contributed by atoms with Gasteiger partial charge in [0.25, 0.3) is 5.91 Å². The molecule has 6 heteroatoms. The number of primary amides is 1. The Morgan fingerprint density at radius 1 is 1.25 bits per heavy atom. The first-order valence-corrected chi connectivity index (χ1v) is 5.15. The van der Waals surface area contributed by atoms with Gasteiger partial charge < -0.3 is 16.4 Å². The van der Waals surface area contributed by atoms with Gasteiger partial charge in [-0.15, -0.1) is 12.6 Å². The van der Waals surface area contributed by atoms with Gasteiger partial charge in [-0.3, -0.25) is 4.79 Å². The van der Waals surface area contributed by atoms with Crippen LogP contribution in [0.4, 0.5) is 4.79 Å². The lowest BCUT2D eigenvalue weighted by Crippen LogP contribution is -2.37. The van der Waals surface area contributed by atoms with Crippen LogP contribution < -0.4 is 16.4 Å². The molecule has 0 heterocycles. The van der Waals surface area contributed by atoms with E-state index in [1.54, 1.807) is 24.3 Å². The first-order valence-electron chi connectivity index (χ1n) is 4.70. The first kappa shape index (κ1) is 12.4. The molecule has 0 fully saturated rings. The van der Waals surface area contributed by atoms with Crippen LogP contribution in [0.3, 0.4) is 0 Å². The number of hydrogen-bond acceptors (Lipinski definition) is 3. The number of thiol groups is 1. The SMILES string of the molecule is NC(=O)NCCNC(=O)c1cccc(S)c1. The quantitative estimate of drug-likeness (QED) is 0.452. The van der Waals surface area contributed by atoms with E-state index in [0.29, 0.717) is 18.7 Å². The minimum absolute atomic E-state index is 0.206. The molecule has 3 amide bonds. The summed E-state index contributed by atoms with van der Waals surface area (Å²) in [5.41, 5.74) is 5.40. The summed E-state index contributed by atoms with van der Waals surface area (Å²) in [6, 6.07) is 6.29. The predicted molar refractivity (Wildman–Crippen MR) is 63.6 cm³/mol. The van der Waals surface area contributed by atoms with Crippen molar-refractivity contribution < 1.29 is 9.59 Å². The normalized spacial score (nSPS) is 9.56. The van der Waals surface area contributed by atoms with Crippen LogP contribution in [0.15, 0.2) is 29.2 Å². The Labute approximate surface area is 98.8 Å². The average molecular weight is 239 g/mol. The molecule has 16 heavy (non-hydrogen) atoms. The maximum Gasteiger partial charge on any atom is 0.312 e. The maximum absolute atomic E-state index is 11.6. The van der Waals surface area contributed by atoms with Crippen LogP contribution in [-0.4, -0.2) is 25.0 Å². The van der Waals surface area contributed by atoms with Crippen LogP contribution >= 0.6 is 12.6 Å². The fraction of sp³-hybridized carbons (Fsp3) is 0.200. The highest BCUT2D eigenvalue weighted by atomic mass is 32.1. The third-order valence-electron chi connectivity index (χ3n) is 1.82. The van der Waals surface area contributed by atoms with E-state index < -0.39 is 6.03 Å². The second-order valence-corrected chi connectivity index (χ2v) is 3.61. The zero-order valence-corrected chi connectivity index (χ0v) is 9.46. The molecule has 1 aromatic carbocycles. The smallest absolute Gasteiger partial charge is 0.312 e. The number of urea groups is 1. The van der Waals surface area contributed by atoms with Crippen molar-refractivity contribution in [2.24, 2.45) is 5.73 Å². The molecule has 0 aliphatic carbocycles. The third kappa shape index (κ3) is 4.22. The lowest BCUT2D eigenvalue weighted by atomic mass is 10.2. The zero-order chi connectivity index (χ0) is 12.0. The van der Waals surface area contributed by atoms with Gasteiger partial charge in [-0.1, -0.05) is 6.07 Å². The number of nitrogens with two attached hydrogens (primary N) is 1. The molecule has 5 nitrogen and oxygen atoms in total. The van der Waals surface area contributed by atoms with Gasteiger partial charge in [0.1, 0.15) is 0 Å². The molecule has 0 radical (unpaired) electrons. The standard InChI is InChI=1S/C10H13N3O2S/c11-10(15)13-5-4-12-9(14)7-2-1-3-8(16)6-7/h1-3,6,16H,4-5H2,(H,12,14)(H3,11,13,15). The number of hydrogen-bond donors (Lipinski definition) is 4. The summed E-state index contributed by atoms with van der Waals surface area (Å²) < 4.78 is 0. The van der Waals surface area contributed by atoms with Crippen molar-refractivity contribution in [2.75, 3.05) is 13.1 Å². The molecular formula is C10H13N3O2S. The molecular weight excluding hydrogens is 226 g/mol. The Morgan fingerprint density at radius 3 is 2.56 bits per heavy atom. The molecule has 86 valence electrons. The van der Waals surface area contributed by atoms with Gasteiger partial charge in [-0.25, -0.2) is 4.79 Å². The van der Waals surface area contributed by atoms with E-state index in [2.05, 4.69) is 23.3 Å². The molecule has 0 aromatic heterocycles. The van der Waals surface area contributed by atoms with Crippen molar-refractivity contribution >= 4 is 24.6 Å². The van der Waals surface area contributed by atoms with Gasteiger partial charge in [-0.05, 0) is 18.2 Å². The number of benzene rings is 1. The third-order valence-corrected chi connectivity index (χ3v) is 2.10. The van der Waals surface area contributed by atoms with E-state index >= 15 is 0 Å². The average Bonchev–Trinajstić information content (AvgIpc) is 2.24. The van der Waals surface area contributed by atoms with Crippen molar-refractivity contribution in [1.82, 2.24) is 10.6 Å². The lowest BCUT2D eigenvalue weighted by molar-refractivity contribution is 0.0953. The summed E-state index contributed by atoms with van der Waals surface area (Å²) in [5.74, 6) is -0.206. The van der Waals surface area contributed by atoms with Crippen LogP contribution in [0.1, 0.15) is 10.4 Å². The Kier molecular flexibility index (Phi) is 4.65. The second kappa shape index (κ2) is 6.02. The van der Waals surface area contributed by atoms with E-state index in [4.69, 9.17) is 5.73 Å². The molecule has 4 N–H and O–H groups in total. The summed E-state index contributed by atoms with van der Waals surface area (Å²) >= 11 is 4.13. The number of nitrogens with one attached hydrogen (secondary N) is 2. The topological polar surface area (TPSA) is 84.2 Å². The fourth-order valence-corrected chi connectivity index (χ4v) is 1.34. The molecule has 0 saturated heterocycles. The number of rotatable bonds is 4. The highest BCUT2D eigenvalue weighted by Crippen LogP contribution is 2.08. The number of carbonyl (C=O) groups excluding carboxylic acids is 2. The monoisotopic (exact) mass is 239 g/mol. The highest BCUT2D eigenvalue weighted by Gasteiger charge is 2.04. The number of carbonyl (C=O) groups is 2. The molecule has 0 saturated carbocycles. The summed E-state index contributed by atoms with van der Waals surface area (Å²) in [4.78, 5) is 22.6. The zero-order valence-electron chi connectivity index (χ0n) is 8.56. The minimum atomic E-state index is -0.605. The predicted octanol–water partition coefficient (Wildman–Crippen LogP) is 0.373. The van der Waals surface area contributed by atoms with E-state index in [1.807, 2.05) is 0 Å². The van der Waals surface area contributed by atoms with Crippen LogP contribution in [-0.2, 0) is 0 Å². The van der Waals surface area contributed by atoms with E-state index in [1.165, 1.54) is 0 Å². The fourth-order valence-electron chi connectivity index (χ4n) is 1.11. The Balaban J connectivity index is 2.38. The largest absolute Gasteiger partial charge is 0.352 e. The lowest BCUT2D eigenvalue weighted by Gasteiger charge is -2.05. The Bertz CT molecular complexity index is 395. The van der Waals surface area contributed by atoms with Crippen molar-refractivity contribution in [2.45, 2.75) is 4.90 Å². The van der Waals surface area contributed by atoms with Gasteiger partial charge in [-0.2, -0.15) is 0 Å². The van der Waals surface area contributed by atoms with Gasteiger partial charge in [0.15, 0.2) is 0 Å². The van der Waals surface area contributed by atoms with Crippen LogP contribution in [0, 0.1) is 0 Å². The van der Waals surface area contributed by atoms with Crippen molar-refractivity contribution in [3.8, 4) is 0 Å². The molecule has 0 unspecified atom stereocenters. The number of amides is 3. The minimum Gasteiger partial charge on any atom is -0.352 e. The van der Waals surface area contributed by atoms with Gasteiger partial charge in [0.2, 0.25) is 0 Å². The summed E-state index contributed by atoms with van der Waals surface area (Å²) in [6.07, 6.45) is 0. The molecule has 0 spiro atoms. The van der Waals surface area contributed by atoms with E-state index in [-0.39, 0.29) is 5.91 Å². The summed E-state index contributed by atoms with van der Waals surface area (Å²) in [6.45, 7) is 0.639. The first-order chi connectivity index (χ1) is 7.59. The molecule has 0 aliphatic heterocycles. The van der Waals surface area contributed by atoms with Gasteiger partial charge in [0, 0.05) is 23.5 Å². The van der Waals surface area contributed by atoms with Crippen molar-refractivity contribution in [3.05, 3.63) is 29.8 Å². The highest BCUT2D eigenvalue weighted by molar-refractivity contribution is 7.80. The van der Waals surface area contributed by atoms with E-state index in [0.717, 1.165) is 4.90 Å². The molecule has 1 rings (SSSR count). The van der Waals surface area contributed by atoms with Gasteiger partial charge in [0.05, 0.1) is 0 Å². The molecule has 0 bridgehead atoms. The summed E-state index contributed by atoms with van der Waals surface area (Å²) in [5, 5.41) is 5.01. The van der Waals surface area contributed by atoms with E-state index in [9.17, 15) is 9.59 Å². The Hall–Kier alpha value is -1.69. The van der Waals surface area contributed by atoms with Crippen LogP contribution in [0.2, 0.25) is 0 Å². The van der Waals surface area contributed by atoms with Crippen LogP contribution in [0.25, 0.3) is 0 Å². The van der Waals surface area contributed by atoms with Crippen molar-refractivity contribution in [1.29, 1.82) is 0 Å². The molecule has 0 aliphatic rings. The molecule has 1 aromatic rings. The second-order valence-electron chi connectivity index (χ2n) is 3.10.